The van der Waals surface area contributed by atoms with E-state index in [1.807, 2.05) is 49.7 Å². The number of pyridine rings is 1. The Balaban J connectivity index is 1.53. The maximum Gasteiger partial charge on any atom is 0.251 e. The lowest BCUT2D eigenvalue weighted by atomic mass is 10.1. The molecule has 3 aromatic rings. The molecule has 140 valence electrons. The second-order valence-electron chi connectivity index (χ2n) is 6.74. The third-order valence-electron chi connectivity index (χ3n) is 4.12. The van der Waals surface area contributed by atoms with Crippen LogP contribution in [0.5, 0.6) is 0 Å². The van der Waals surface area contributed by atoms with Crippen LogP contribution < -0.4 is 10.6 Å². The number of nitrogens with one attached hydrogen (secondary N) is 2. The molecule has 3 rings (SSSR count). The van der Waals surface area contributed by atoms with Crippen LogP contribution in [-0.2, 0) is 4.79 Å². The Hall–Kier alpha value is -3.22. The summed E-state index contributed by atoms with van der Waals surface area (Å²) in [5.74, 6) is -0.368. The maximum atomic E-state index is 12.1. The monoisotopic (exact) mass is 365 g/mol. The number of carbonyl (C=O) groups excluding carboxylic acids is 2. The number of amides is 2. The number of aromatic nitrogens is 3. The van der Waals surface area contributed by atoms with Crippen molar-refractivity contribution in [2.75, 3.05) is 11.9 Å². The molecule has 0 aliphatic carbocycles. The minimum atomic E-state index is -0.185. The van der Waals surface area contributed by atoms with Gasteiger partial charge in [0.1, 0.15) is 0 Å². The number of hydrogen-bond donors (Lipinski definition) is 2. The zero-order valence-electron chi connectivity index (χ0n) is 15.7. The first-order valence-electron chi connectivity index (χ1n) is 8.92. The Morgan fingerprint density at radius 2 is 2.00 bits per heavy atom. The van der Waals surface area contributed by atoms with E-state index in [4.69, 9.17) is 0 Å². The van der Waals surface area contributed by atoms with E-state index >= 15 is 0 Å². The van der Waals surface area contributed by atoms with E-state index in [0.717, 1.165) is 16.6 Å². The first kappa shape index (κ1) is 18.6. The van der Waals surface area contributed by atoms with Gasteiger partial charge in [0.25, 0.3) is 5.91 Å². The quantitative estimate of drug-likeness (QED) is 0.702. The lowest BCUT2D eigenvalue weighted by Gasteiger charge is -2.08. The Bertz CT molecular complexity index is 977. The van der Waals surface area contributed by atoms with Gasteiger partial charge in [-0.25, -0.2) is 9.67 Å². The van der Waals surface area contributed by atoms with E-state index in [9.17, 15) is 9.59 Å². The minimum absolute atomic E-state index is 0.181. The molecule has 7 heteroatoms. The van der Waals surface area contributed by atoms with Crippen molar-refractivity contribution < 1.29 is 9.59 Å². The van der Waals surface area contributed by atoms with E-state index in [1.54, 1.807) is 18.5 Å². The maximum absolute atomic E-state index is 12.1. The molecule has 0 aliphatic heterocycles. The highest BCUT2D eigenvalue weighted by Gasteiger charge is 2.10. The van der Waals surface area contributed by atoms with Crippen LogP contribution in [-0.4, -0.2) is 33.1 Å². The third-order valence-corrected chi connectivity index (χ3v) is 4.12. The fraction of sp³-hybridized carbons (Fsp3) is 0.300. The van der Waals surface area contributed by atoms with Crippen molar-refractivity contribution in [3.63, 3.8) is 0 Å². The van der Waals surface area contributed by atoms with Gasteiger partial charge in [0.05, 0.1) is 18.1 Å². The summed E-state index contributed by atoms with van der Waals surface area (Å²) in [7, 11) is 0. The molecule has 0 fully saturated rings. The van der Waals surface area contributed by atoms with Crippen LogP contribution in [0.15, 0.2) is 42.7 Å². The average molecular weight is 365 g/mol. The Morgan fingerprint density at radius 3 is 2.74 bits per heavy atom. The molecular weight excluding hydrogens is 342 g/mol. The molecule has 0 bridgehead atoms. The molecule has 0 aliphatic rings. The number of hydrogen-bond acceptors (Lipinski definition) is 4. The smallest absolute Gasteiger partial charge is 0.251 e. The van der Waals surface area contributed by atoms with E-state index in [0.29, 0.717) is 11.3 Å². The normalized spacial score (nSPS) is 11.0. The van der Waals surface area contributed by atoms with Crippen LogP contribution in [0, 0.1) is 6.92 Å². The van der Waals surface area contributed by atoms with Gasteiger partial charge in [-0.3, -0.25) is 9.59 Å². The largest absolute Gasteiger partial charge is 0.352 e. The number of benzene rings is 1. The average Bonchev–Trinajstić information content (AvgIpc) is 3.05. The van der Waals surface area contributed by atoms with Crippen molar-refractivity contribution >= 4 is 28.5 Å². The molecule has 7 nitrogen and oxygen atoms in total. The van der Waals surface area contributed by atoms with Crippen molar-refractivity contribution in [1.82, 2.24) is 20.1 Å². The van der Waals surface area contributed by atoms with Gasteiger partial charge in [-0.15, -0.1) is 0 Å². The van der Waals surface area contributed by atoms with Crippen molar-refractivity contribution in [3.05, 3.63) is 53.9 Å². The zero-order chi connectivity index (χ0) is 19.4. The number of rotatable bonds is 6. The molecule has 0 unspecified atom stereocenters. The summed E-state index contributed by atoms with van der Waals surface area (Å²) in [6.45, 7) is 6.27. The van der Waals surface area contributed by atoms with Crippen LogP contribution >= 0.6 is 0 Å². The van der Waals surface area contributed by atoms with Gasteiger partial charge >= 0.3 is 0 Å². The van der Waals surface area contributed by atoms with Crippen molar-refractivity contribution in [2.45, 2.75) is 33.2 Å². The summed E-state index contributed by atoms with van der Waals surface area (Å²) >= 11 is 0. The van der Waals surface area contributed by atoms with Crippen molar-refractivity contribution in [3.8, 4) is 0 Å². The minimum Gasteiger partial charge on any atom is -0.352 e. The van der Waals surface area contributed by atoms with Gasteiger partial charge in [-0.1, -0.05) is 17.7 Å². The number of nitrogens with zero attached hydrogens (tertiary/aromatic N) is 3. The first-order valence-corrected chi connectivity index (χ1v) is 8.92. The van der Waals surface area contributed by atoms with Gasteiger partial charge < -0.3 is 10.6 Å². The van der Waals surface area contributed by atoms with Gasteiger partial charge in [0, 0.05) is 30.0 Å². The molecule has 1 aromatic carbocycles. The van der Waals surface area contributed by atoms with Gasteiger partial charge in [-0.05, 0) is 39.0 Å². The standard InChI is InChI=1S/C20H23N5O2/c1-13(2)25-19-16(11-23-25)10-17(12-22-19)24-18(26)7-8-21-20(27)15-6-4-5-14(3)9-15/h4-6,9-13H,7-8H2,1-3H3,(H,21,27)(H,24,26). The fourth-order valence-electron chi connectivity index (χ4n) is 2.79. The highest BCUT2D eigenvalue weighted by atomic mass is 16.2. The summed E-state index contributed by atoms with van der Waals surface area (Å²) in [5.41, 5.74) is 3.01. The molecule has 2 N–H and O–H groups in total. The van der Waals surface area contributed by atoms with Gasteiger partial charge in [-0.2, -0.15) is 5.10 Å². The van der Waals surface area contributed by atoms with Crippen molar-refractivity contribution in [1.29, 1.82) is 0 Å². The predicted octanol–water partition coefficient (Wildman–Crippen LogP) is 3.08. The third kappa shape index (κ3) is 4.49. The molecule has 0 atom stereocenters. The zero-order valence-corrected chi connectivity index (χ0v) is 15.7. The molecule has 0 radical (unpaired) electrons. The second-order valence-corrected chi connectivity index (χ2v) is 6.74. The summed E-state index contributed by atoms with van der Waals surface area (Å²) in [5, 5.41) is 10.7. The number of fused-ring (bicyclic) bond motifs is 1. The lowest BCUT2D eigenvalue weighted by molar-refractivity contribution is -0.116. The molecule has 0 saturated carbocycles. The van der Waals surface area contributed by atoms with E-state index in [2.05, 4.69) is 20.7 Å². The Kier molecular flexibility index (Phi) is 5.49. The highest BCUT2D eigenvalue weighted by Crippen LogP contribution is 2.19. The molecule has 2 amide bonds. The van der Waals surface area contributed by atoms with E-state index < -0.39 is 0 Å². The summed E-state index contributed by atoms with van der Waals surface area (Å²) in [6, 6.07) is 9.39. The van der Waals surface area contributed by atoms with Crippen LogP contribution in [0.1, 0.15) is 42.2 Å². The summed E-state index contributed by atoms with van der Waals surface area (Å²) in [4.78, 5) is 28.6. The molecule has 0 spiro atoms. The molecular formula is C20H23N5O2. The topological polar surface area (TPSA) is 88.9 Å². The fourth-order valence-corrected chi connectivity index (χ4v) is 2.79. The van der Waals surface area contributed by atoms with E-state index in [-0.39, 0.29) is 30.8 Å². The van der Waals surface area contributed by atoms with Gasteiger partial charge in [0.2, 0.25) is 5.91 Å². The number of aryl methyl sites for hydroxylation is 1. The molecule has 2 heterocycles. The van der Waals surface area contributed by atoms with Crippen LogP contribution in [0.25, 0.3) is 11.0 Å². The van der Waals surface area contributed by atoms with Crippen LogP contribution in [0.4, 0.5) is 5.69 Å². The number of anilines is 1. The van der Waals surface area contributed by atoms with Gasteiger partial charge in [0.15, 0.2) is 5.65 Å². The van der Waals surface area contributed by atoms with Crippen molar-refractivity contribution in [2.24, 2.45) is 0 Å². The number of carbonyl (C=O) groups is 2. The summed E-state index contributed by atoms with van der Waals surface area (Å²) < 4.78 is 1.84. The Morgan fingerprint density at radius 1 is 1.19 bits per heavy atom. The molecule has 27 heavy (non-hydrogen) atoms. The second kappa shape index (κ2) is 7.99. The summed E-state index contributed by atoms with van der Waals surface area (Å²) in [6.07, 6.45) is 3.53. The SMILES string of the molecule is Cc1cccc(C(=O)NCCC(=O)Nc2cnc3c(cnn3C(C)C)c2)c1. The lowest BCUT2D eigenvalue weighted by Crippen LogP contribution is -2.27. The van der Waals surface area contributed by atoms with E-state index in [1.165, 1.54) is 0 Å². The van der Waals surface area contributed by atoms with Crippen LogP contribution in [0.2, 0.25) is 0 Å². The first-order chi connectivity index (χ1) is 12.9. The predicted molar refractivity (Wildman–Crippen MR) is 105 cm³/mol. The highest BCUT2D eigenvalue weighted by molar-refractivity contribution is 5.95. The van der Waals surface area contributed by atoms with Crippen LogP contribution in [0.3, 0.4) is 0 Å². The Labute approximate surface area is 157 Å². The molecule has 0 saturated heterocycles. The molecule has 2 aromatic heterocycles.